The van der Waals surface area contributed by atoms with Gasteiger partial charge in [-0.25, -0.2) is 4.79 Å². The first-order valence-electron chi connectivity index (χ1n) is 8.51. The maximum absolute atomic E-state index is 12.1. The average molecular weight is 386 g/mol. The fourth-order valence-corrected chi connectivity index (χ4v) is 5.92. The smallest absolute Gasteiger partial charge is 0.319 e. The summed E-state index contributed by atoms with van der Waals surface area (Å²) in [6, 6.07) is 5.63. The molecule has 0 radical (unpaired) electrons. The highest BCUT2D eigenvalue weighted by Gasteiger charge is 2.16. The Balaban J connectivity index is 1.51. The normalized spacial score (nSPS) is 21.4. The summed E-state index contributed by atoms with van der Waals surface area (Å²) in [5.41, 5.74) is 1.81. The first-order valence-corrected chi connectivity index (χ1v) is 11.1. The van der Waals surface area contributed by atoms with Gasteiger partial charge in [-0.2, -0.15) is 23.5 Å². The standard InChI is InChI=1S/C17H24ClN3OS2/c18-15-10-13(4-5-16(15)21-6-2-1-3-7-21)20-17(22)19-11-14-12-23-8-9-24-14/h4-5,10,14H,1-3,6-9,11-12H2,(H2,19,20,22). The molecule has 2 N–H and O–H groups in total. The highest BCUT2D eigenvalue weighted by molar-refractivity contribution is 8.06. The van der Waals surface area contributed by atoms with Crippen molar-refractivity contribution < 1.29 is 4.79 Å². The van der Waals surface area contributed by atoms with Crippen LogP contribution in [-0.4, -0.2) is 48.2 Å². The summed E-state index contributed by atoms with van der Waals surface area (Å²) in [5.74, 6) is 3.50. The number of thioether (sulfide) groups is 2. The van der Waals surface area contributed by atoms with Crippen LogP contribution < -0.4 is 15.5 Å². The molecule has 2 amide bonds. The summed E-state index contributed by atoms with van der Waals surface area (Å²) in [6.07, 6.45) is 3.73. The maximum Gasteiger partial charge on any atom is 0.319 e. The van der Waals surface area contributed by atoms with Crippen molar-refractivity contribution in [2.24, 2.45) is 0 Å². The van der Waals surface area contributed by atoms with Crippen LogP contribution in [0.25, 0.3) is 0 Å². The Morgan fingerprint density at radius 2 is 2.08 bits per heavy atom. The van der Waals surface area contributed by atoms with Crippen LogP contribution in [0, 0.1) is 0 Å². The maximum atomic E-state index is 12.1. The van der Waals surface area contributed by atoms with E-state index in [1.807, 2.05) is 41.7 Å². The molecule has 0 aliphatic carbocycles. The molecule has 0 spiro atoms. The molecule has 0 aromatic heterocycles. The molecule has 24 heavy (non-hydrogen) atoms. The summed E-state index contributed by atoms with van der Waals surface area (Å²) < 4.78 is 0. The second kappa shape index (κ2) is 9.11. The molecule has 1 aromatic rings. The van der Waals surface area contributed by atoms with Crippen molar-refractivity contribution in [3.63, 3.8) is 0 Å². The van der Waals surface area contributed by atoms with E-state index in [1.54, 1.807) is 0 Å². The summed E-state index contributed by atoms with van der Waals surface area (Å²) in [7, 11) is 0. The van der Waals surface area contributed by atoms with Gasteiger partial charge in [0.15, 0.2) is 0 Å². The molecule has 2 heterocycles. The number of amides is 2. The monoisotopic (exact) mass is 385 g/mol. The van der Waals surface area contributed by atoms with Crippen LogP contribution in [0.15, 0.2) is 18.2 Å². The highest BCUT2D eigenvalue weighted by Crippen LogP contribution is 2.30. The topological polar surface area (TPSA) is 44.4 Å². The van der Waals surface area contributed by atoms with E-state index in [9.17, 15) is 4.79 Å². The Hall–Kier alpha value is -0.720. The minimum atomic E-state index is -0.159. The van der Waals surface area contributed by atoms with Gasteiger partial charge in [0.25, 0.3) is 0 Å². The first-order chi connectivity index (χ1) is 11.7. The Morgan fingerprint density at radius 3 is 2.79 bits per heavy atom. The second-order valence-corrected chi connectivity index (χ2v) is 9.08. The van der Waals surface area contributed by atoms with Crippen molar-refractivity contribution in [3.8, 4) is 0 Å². The van der Waals surface area contributed by atoms with Crippen LogP contribution in [0.5, 0.6) is 0 Å². The summed E-state index contributed by atoms with van der Waals surface area (Å²) >= 11 is 10.3. The average Bonchev–Trinajstić information content (AvgIpc) is 2.62. The summed E-state index contributed by atoms with van der Waals surface area (Å²) in [6.45, 7) is 2.83. The number of carbonyl (C=O) groups excluding carboxylic acids is 1. The van der Waals surface area contributed by atoms with E-state index < -0.39 is 0 Å². The van der Waals surface area contributed by atoms with E-state index >= 15 is 0 Å². The fourth-order valence-electron chi connectivity index (χ4n) is 3.01. The Morgan fingerprint density at radius 1 is 1.25 bits per heavy atom. The molecule has 2 aliphatic heterocycles. The van der Waals surface area contributed by atoms with Crippen molar-refractivity contribution in [2.45, 2.75) is 24.5 Å². The van der Waals surface area contributed by atoms with Gasteiger partial charge in [-0.15, -0.1) is 0 Å². The van der Waals surface area contributed by atoms with Crippen molar-refractivity contribution >= 4 is 52.5 Å². The van der Waals surface area contributed by atoms with Crippen LogP contribution in [0.3, 0.4) is 0 Å². The van der Waals surface area contributed by atoms with Gasteiger partial charge in [0.1, 0.15) is 0 Å². The van der Waals surface area contributed by atoms with Gasteiger partial charge in [0, 0.05) is 47.8 Å². The van der Waals surface area contributed by atoms with Gasteiger partial charge in [-0.3, -0.25) is 0 Å². The van der Waals surface area contributed by atoms with Gasteiger partial charge in [0.2, 0.25) is 0 Å². The molecule has 4 nitrogen and oxygen atoms in total. The summed E-state index contributed by atoms with van der Waals surface area (Å²) in [5, 5.41) is 7.06. The lowest BCUT2D eigenvalue weighted by molar-refractivity contribution is 0.252. The quantitative estimate of drug-likeness (QED) is 0.810. The lowest BCUT2D eigenvalue weighted by Crippen LogP contribution is -2.36. The van der Waals surface area contributed by atoms with E-state index in [4.69, 9.17) is 11.6 Å². The fraction of sp³-hybridized carbons (Fsp3) is 0.588. The van der Waals surface area contributed by atoms with Crippen LogP contribution in [0.2, 0.25) is 5.02 Å². The zero-order valence-corrected chi connectivity index (χ0v) is 16.1. The van der Waals surface area contributed by atoms with Crippen molar-refractivity contribution in [1.82, 2.24) is 5.32 Å². The van der Waals surface area contributed by atoms with E-state index in [2.05, 4.69) is 15.5 Å². The molecular formula is C17H24ClN3OS2. The number of carbonyl (C=O) groups is 1. The largest absolute Gasteiger partial charge is 0.370 e. The number of piperidine rings is 1. The number of hydrogen-bond acceptors (Lipinski definition) is 4. The molecule has 7 heteroatoms. The SMILES string of the molecule is O=C(NCC1CSCCS1)Nc1ccc(N2CCCCC2)c(Cl)c1. The van der Waals surface area contributed by atoms with E-state index in [0.717, 1.165) is 30.2 Å². The highest BCUT2D eigenvalue weighted by atomic mass is 35.5. The number of nitrogens with zero attached hydrogens (tertiary/aromatic N) is 1. The molecule has 2 saturated heterocycles. The molecule has 1 aromatic carbocycles. The molecular weight excluding hydrogens is 362 g/mol. The minimum absolute atomic E-state index is 0.159. The number of anilines is 2. The number of urea groups is 1. The third kappa shape index (κ3) is 5.14. The number of benzene rings is 1. The third-order valence-electron chi connectivity index (χ3n) is 4.28. The van der Waals surface area contributed by atoms with Gasteiger partial charge in [0.05, 0.1) is 10.7 Å². The molecule has 0 bridgehead atoms. The van der Waals surface area contributed by atoms with Crippen LogP contribution in [0.4, 0.5) is 16.2 Å². The predicted molar refractivity (Wildman–Crippen MR) is 108 cm³/mol. The minimum Gasteiger partial charge on any atom is -0.370 e. The number of nitrogens with one attached hydrogen (secondary N) is 2. The Kier molecular flexibility index (Phi) is 6.86. The van der Waals surface area contributed by atoms with Crippen molar-refractivity contribution in [1.29, 1.82) is 0 Å². The van der Waals surface area contributed by atoms with E-state index in [1.165, 1.54) is 30.8 Å². The van der Waals surface area contributed by atoms with Gasteiger partial charge in [-0.05, 0) is 37.5 Å². The first kappa shape index (κ1) is 18.1. The van der Waals surface area contributed by atoms with Crippen molar-refractivity contribution in [3.05, 3.63) is 23.2 Å². The lowest BCUT2D eigenvalue weighted by atomic mass is 10.1. The third-order valence-corrected chi connectivity index (χ3v) is 7.43. The van der Waals surface area contributed by atoms with Gasteiger partial charge < -0.3 is 15.5 Å². The van der Waals surface area contributed by atoms with Crippen LogP contribution in [-0.2, 0) is 0 Å². The second-order valence-electron chi connectivity index (χ2n) is 6.12. The van der Waals surface area contributed by atoms with Gasteiger partial charge >= 0.3 is 6.03 Å². The van der Waals surface area contributed by atoms with Crippen molar-refractivity contribution in [2.75, 3.05) is 47.1 Å². The van der Waals surface area contributed by atoms with E-state index in [-0.39, 0.29) is 6.03 Å². The zero-order valence-electron chi connectivity index (χ0n) is 13.7. The van der Waals surface area contributed by atoms with Gasteiger partial charge in [-0.1, -0.05) is 11.6 Å². The van der Waals surface area contributed by atoms with Crippen LogP contribution >= 0.6 is 35.1 Å². The molecule has 132 valence electrons. The number of hydrogen-bond donors (Lipinski definition) is 2. The van der Waals surface area contributed by atoms with Crippen LogP contribution in [0.1, 0.15) is 19.3 Å². The lowest BCUT2D eigenvalue weighted by Gasteiger charge is -2.29. The Bertz CT molecular complexity index is 561. The Labute approximate surface area is 157 Å². The molecule has 1 unspecified atom stereocenters. The summed E-state index contributed by atoms with van der Waals surface area (Å²) in [4.78, 5) is 14.4. The number of rotatable bonds is 4. The molecule has 1 atom stereocenters. The molecule has 2 fully saturated rings. The zero-order chi connectivity index (χ0) is 16.8. The van der Waals surface area contributed by atoms with E-state index in [0.29, 0.717) is 16.8 Å². The predicted octanol–water partition coefficient (Wildman–Crippen LogP) is 4.30. The number of halogens is 1. The molecule has 3 rings (SSSR count). The molecule has 0 saturated carbocycles. The molecule has 2 aliphatic rings.